The normalized spacial score (nSPS) is 22.1. The largest absolute Gasteiger partial charge is 0.442 e. The van der Waals surface area contributed by atoms with E-state index in [4.69, 9.17) is 4.42 Å². The summed E-state index contributed by atoms with van der Waals surface area (Å²) in [6.45, 7) is 6.52. The molecule has 1 saturated heterocycles. The van der Waals surface area contributed by atoms with Crippen LogP contribution >= 0.6 is 0 Å². The molecule has 1 aliphatic carbocycles. The maximum atomic E-state index is 12.9. The zero-order valence-electron chi connectivity index (χ0n) is 16.9. The van der Waals surface area contributed by atoms with Crippen molar-refractivity contribution in [2.24, 2.45) is 11.8 Å². The Hall–Kier alpha value is -2.89. The van der Waals surface area contributed by atoms with Gasteiger partial charge in [0.15, 0.2) is 0 Å². The Balaban J connectivity index is 1.39. The smallest absolute Gasteiger partial charge is 0.274 e. The Morgan fingerprint density at radius 3 is 2.72 bits per heavy atom. The summed E-state index contributed by atoms with van der Waals surface area (Å²) in [6, 6.07) is 7.68. The molecule has 0 aromatic carbocycles. The van der Waals surface area contributed by atoms with Gasteiger partial charge < -0.3 is 14.6 Å². The molecule has 1 N–H and O–H groups in total. The molecule has 29 heavy (non-hydrogen) atoms. The first-order chi connectivity index (χ1) is 14.1. The van der Waals surface area contributed by atoms with Gasteiger partial charge >= 0.3 is 0 Å². The second-order valence-corrected chi connectivity index (χ2v) is 8.71. The maximum Gasteiger partial charge on any atom is 0.274 e. The number of carbonyl (C=O) groups excluding carboxylic acids is 1. The lowest BCUT2D eigenvalue weighted by Gasteiger charge is -2.37. The molecule has 3 aromatic rings. The standard InChI is InChI=1S/C23H26N4O2/c1-14-9-15(2)13-27(12-14)20-7-8-24-11-19(20)25-22(28)18-6-5-17-10-21(16-3-4-16)29-23(17)26-18/h5-8,10-11,14-16H,3-4,9,12-13H2,1-2H3,(H,25,28). The van der Waals surface area contributed by atoms with Crippen molar-refractivity contribution in [3.63, 3.8) is 0 Å². The number of rotatable bonds is 4. The van der Waals surface area contributed by atoms with Crippen molar-refractivity contribution in [1.29, 1.82) is 0 Å². The number of anilines is 2. The SMILES string of the molecule is CC1CC(C)CN(c2ccncc2NC(=O)c2ccc3cc(C4CC4)oc3n2)C1. The zero-order chi connectivity index (χ0) is 20.0. The molecule has 6 nitrogen and oxygen atoms in total. The third-order valence-electron chi connectivity index (χ3n) is 5.87. The first-order valence-electron chi connectivity index (χ1n) is 10.5. The second-order valence-electron chi connectivity index (χ2n) is 8.71. The summed E-state index contributed by atoms with van der Waals surface area (Å²) < 4.78 is 5.86. The van der Waals surface area contributed by atoms with Gasteiger partial charge in [0.2, 0.25) is 5.71 Å². The summed E-state index contributed by atoms with van der Waals surface area (Å²) in [4.78, 5) is 23.9. The lowest BCUT2D eigenvalue weighted by molar-refractivity contribution is 0.102. The number of furan rings is 1. The van der Waals surface area contributed by atoms with Crippen LogP contribution in [-0.2, 0) is 0 Å². The average molecular weight is 390 g/mol. The van der Waals surface area contributed by atoms with Gasteiger partial charge in [0.25, 0.3) is 5.91 Å². The predicted molar refractivity (Wildman–Crippen MR) is 113 cm³/mol. The summed E-state index contributed by atoms with van der Waals surface area (Å²) in [5, 5.41) is 3.96. The molecule has 2 atom stereocenters. The van der Waals surface area contributed by atoms with E-state index in [1.165, 1.54) is 19.3 Å². The Labute approximate surface area is 170 Å². The van der Waals surface area contributed by atoms with Gasteiger partial charge in [-0.15, -0.1) is 0 Å². The van der Waals surface area contributed by atoms with E-state index in [2.05, 4.69) is 34.0 Å². The third-order valence-corrected chi connectivity index (χ3v) is 5.87. The molecule has 5 rings (SSSR count). The number of fused-ring (bicyclic) bond motifs is 1. The molecule has 4 heterocycles. The minimum Gasteiger partial charge on any atom is -0.442 e. The van der Waals surface area contributed by atoms with Crippen molar-refractivity contribution >= 4 is 28.4 Å². The number of carbonyl (C=O) groups is 1. The van der Waals surface area contributed by atoms with Gasteiger partial charge in [-0.25, -0.2) is 4.98 Å². The van der Waals surface area contributed by atoms with Gasteiger partial charge in [0.1, 0.15) is 11.5 Å². The van der Waals surface area contributed by atoms with E-state index in [0.29, 0.717) is 29.2 Å². The molecule has 0 bridgehead atoms. The number of hydrogen-bond acceptors (Lipinski definition) is 5. The Morgan fingerprint density at radius 2 is 1.97 bits per heavy atom. The number of amides is 1. The van der Waals surface area contributed by atoms with Crippen LogP contribution in [0.15, 0.2) is 41.1 Å². The molecule has 2 unspecified atom stereocenters. The van der Waals surface area contributed by atoms with Crippen molar-refractivity contribution < 1.29 is 9.21 Å². The maximum absolute atomic E-state index is 12.9. The highest BCUT2D eigenvalue weighted by molar-refractivity contribution is 6.05. The molecule has 1 saturated carbocycles. The topological polar surface area (TPSA) is 71.3 Å². The summed E-state index contributed by atoms with van der Waals surface area (Å²) in [6.07, 6.45) is 7.07. The summed E-state index contributed by atoms with van der Waals surface area (Å²) >= 11 is 0. The quantitative estimate of drug-likeness (QED) is 0.690. The van der Waals surface area contributed by atoms with Crippen molar-refractivity contribution in [2.75, 3.05) is 23.3 Å². The Bertz CT molecular complexity index is 1050. The summed E-state index contributed by atoms with van der Waals surface area (Å²) in [7, 11) is 0. The average Bonchev–Trinajstić information content (AvgIpc) is 3.46. The van der Waals surface area contributed by atoms with Gasteiger partial charge in [-0.3, -0.25) is 9.78 Å². The van der Waals surface area contributed by atoms with Crippen LogP contribution in [0.4, 0.5) is 11.4 Å². The molecule has 6 heteroatoms. The third kappa shape index (κ3) is 3.71. The molecule has 1 amide bonds. The monoisotopic (exact) mass is 390 g/mol. The number of hydrogen-bond donors (Lipinski definition) is 1. The van der Waals surface area contributed by atoms with Crippen LogP contribution in [0.5, 0.6) is 0 Å². The second kappa shape index (κ2) is 7.17. The molecular formula is C23H26N4O2. The lowest BCUT2D eigenvalue weighted by Crippen LogP contribution is -2.39. The van der Waals surface area contributed by atoms with Gasteiger partial charge in [-0.1, -0.05) is 13.8 Å². The van der Waals surface area contributed by atoms with Crippen LogP contribution in [0.2, 0.25) is 0 Å². The highest BCUT2D eigenvalue weighted by Crippen LogP contribution is 2.42. The van der Waals surface area contributed by atoms with Crippen LogP contribution < -0.4 is 10.2 Å². The van der Waals surface area contributed by atoms with Crippen molar-refractivity contribution in [2.45, 2.75) is 39.0 Å². The van der Waals surface area contributed by atoms with Crippen LogP contribution in [0.25, 0.3) is 11.1 Å². The minimum atomic E-state index is -0.247. The van der Waals surface area contributed by atoms with E-state index in [1.54, 1.807) is 18.5 Å². The van der Waals surface area contributed by atoms with Gasteiger partial charge in [-0.05, 0) is 55.4 Å². The van der Waals surface area contributed by atoms with Crippen molar-refractivity contribution in [1.82, 2.24) is 9.97 Å². The Kier molecular flexibility index (Phi) is 4.49. The van der Waals surface area contributed by atoms with E-state index < -0.39 is 0 Å². The van der Waals surface area contributed by atoms with Crippen molar-refractivity contribution in [3.05, 3.63) is 48.1 Å². The van der Waals surface area contributed by atoms with Gasteiger partial charge in [-0.2, -0.15) is 0 Å². The number of nitrogens with one attached hydrogen (secondary N) is 1. The Morgan fingerprint density at radius 1 is 1.17 bits per heavy atom. The highest BCUT2D eigenvalue weighted by Gasteiger charge is 2.28. The highest BCUT2D eigenvalue weighted by atomic mass is 16.3. The molecule has 1 aliphatic heterocycles. The molecule has 2 fully saturated rings. The van der Waals surface area contributed by atoms with Crippen LogP contribution in [0, 0.1) is 11.8 Å². The molecular weight excluding hydrogens is 364 g/mol. The fourth-order valence-corrected chi connectivity index (χ4v) is 4.44. The molecule has 0 radical (unpaired) electrons. The first kappa shape index (κ1) is 18.2. The zero-order valence-corrected chi connectivity index (χ0v) is 16.9. The number of pyridine rings is 2. The van der Waals surface area contributed by atoms with E-state index in [9.17, 15) is 4.79 Å². The molecule has 150 valence electrons. The lowest BCUT2D eigenvalue weighted by atomic mass is 9.91. The molecule has 0 spiro atoms. The van der Waals surface area contributed by atoms with Gasteiger partial charge in [0.05, 0.1) is 17.6 Å². The van der Waals surface area contributed by atoms with Crippen molar-refractivity contribution in [3.8, 4) is 0 Å². The van der Waals surface area contributed by atoms with E-state index in [0.717, 1.165) is 35.6 Å². The van der Waals surface area contributed by atoms with Crippen LogP contribution in [0.3, 0.4) is 0 Å². The number of nitrogens with zero attached hydrogens (tertiary/aromatic N) is 3. The minimum absolute atomic E-state index is 0.247. The van der Waals surface area contributed by atoms with E-state index in [-0.39, 0.29) is 5.91 Å². The van der Waals surface area contributed by atoms with E-state index in [1.807, 2.05) is 18.2 Å². The molecule has 3 aromatic heterocycles. The van der Waals surface area contributed by atoms with Gasteiger partial charge in [0, 0.05) is 30.6 Å². The fraction of sp³-hybridized carbons (Fsp3) is 0.435. The fourth-order valence-electron chi connectivity index (χ4n) is 4.44. The number of piperidine rings is 1. The first-order valence-corrected chi connectivity index (χ1v) is 10.5. The van der Waals surface area contributed by atoms with E-state index >= 15 is 0 Å². The predicted octanol–water partition coefficient (Wildman–Crippen LogP) is 4.83. The summed E-state index contributed by atoms with van der Waals surface area (Å²) in [5.74, 6) is 2.50. The summed E-state index contributed by atoms with van der Waals surface area (Å²) in [5.41, 5.74) is 2.62. The number of aromatic nitrogens is 2. The molecule has 2 aliphatic rings. The van der Waals surface area contributed by atoms with Crippen LogP contribution in [-0.4, -0.2) is 29.0 Å². The van der Waals surface area contributed by atoms with Crippen LogP contribution in [0.1, 0.15) is 55.3 Å².